The Morgan fingerprint density at radius 3 is 3.17 bits per heavy atom. The van der Waals surface area contributed by atoms with Crippen LogP contribution in [0, 0.1) is 11.3 Å². The first-order chi connectivity index (χ1) is 8.76. The van der Waals surface area contributed by atoms with Crippen molar-refractivity contribution in [2.45, 2.75) is 6.42 Å². The number of methoxy groups -OCH3 is 1. The Balaban J connectivity index is 2.38. The number of fused-ring (bicyclic) bond motifs is 1. The summed E-state index contributed by atoms with van der Waals surface area (Å²) in [5.41, 5.74) is 1.98. The largest absolute Gasteiger partial charge is 0.465 e. The number of nitrogens with one attached hydrogen (secondary N) is 1. The average Bonchev–Trinajstić information content (AvgIpc) is 2.80. The van der Waals surface area contributed by atoms with E-state index in [0.717, 1.165) is 16.6 Å². The molecular weight excluding hydrogens is 230 g/mol. The number of benzene rings is 1. The third-order valence-corrected chi connectivity index (χ3v) is 2.50. The van der Waals surface area contributed by atoms with Gasteiger partial charge in [-0.1, -0.05) is 6.08 Å². The zero-order valence-corrected chi connectivity index (χ0v) is 9.80. The van der Waals surface area contributed by atoms with E-state index < -0.39 is 0 Å². The molecule has 5 heteroatoms. The van der Waals surface area contributed by atoms with Crippen molar-refractivity contribution in [1.29, 1.82) is 5.26 Å². The maximum atomic E-state index is 11.4. The monoisotopic (exact) mass is 241 g/mol. The lowest BCUT2D eigenvalue weighted by molar-refractivity contribution is 0.0601. The second-order valence-corrected chi connectivity index (χ2v) is 3.63. The molecule has 0 radical (unpaired) electrons. The predicted molar refractivity (Wildman–Crippen MR) is 66.7 cm³/mol. The Hall–Kier alpha value is -2.61. The number of nitrogens with zero attached hydrogens (tertiary/aromatic N) is 2. The van der Waals surface area contributed by atoms with Gasteiger partial charge in [0, 0.05) is 5.39 Å². The highest BCUT2D eigenvalue weighted by molar-refractivity contribution is 5.96. The Bertz CT molecular complexity index is 650. The van der Waals surface area contributed by atoms with Crippen LogP contribution < -0.4 is 0 Å². The van der Waals surface area contributed by atoms with Gasteiger partial charge in [-0.3, -0.25) is 5.10 Å². The van der Waals surface area contributed by atoms with Gasteiger partial charge >= 0.3 is 5.97 Å². The summed E-state index contributed by atoms with van der Waals surface area (Å²) < 4.78 is 4.65. The van der Waals surface area contributed by atoms with E-state index in [1.807, 2.05) is 6.07 Å². The number of carbonyl (C=O) groups is 1. The minimum atomic E-state index is -0.381. The molecule has 0 amide bonds. The molecule has 18 heavy (non-hydrogen) atoms. The highest BCUT2D eigenvalue weighted by atomic mass is 16.5. The van der Waals surface area contributed by atoms with Gasteiger partial charge in [-0.15, -0.1) is 0 Å². The van der Waals surface area contributed by atoms with Gasteiger partial charge in [-0.05, 0) is 24.3 Å². The fraction of sp³-hybridized carbons (Fsp3) is 0.154. The van der Waals surface area contributed by atoms with Crippen molar-refractivity contribution in [3.05, 3.63) is 35.5 Å². The number of esters is 1. The van der Waals surface area contributed by atoms with Crippen LogP contribution in [0.15, 0.2) is 24.3 Å². The van der Waals surface area contributed by atoms with Gasteiger partial charge in [0.25, 0.3) is 0 Å². The number of nitriles is 1. The molecule has 2 rings (SSSR count). The number of aromatic amines is 1. The molecule has 90 valence electrons. The molecule has 0 fully saturated rings. The number of aromatic nitrogens is 2. The van der Waals surface area contributed by atoms with E-state index in [9.17, 15) is 4.79 Å². The molecule has 1 aromatic heterocycles. The quantitative estimate of drug-likeness (QED) is 0.836. The first-order valence-electron chi connectivity index (χ1n) is 5.36. The van der Waals surface area contributed by atoms with Gasteiger partial charge in [-0.2, -0.15) is 10.4 Å². The summed E-state index contributed by atoms with van der Waals surface area (Å²) in [6.07, 6.45) is 3.86. The molecule has 0 saturated heterocycles. The van der Waals surface area contributed by atoms with Crippen LogP contribution in [0.2, 0.25) is 0 Å². The minimum absolute atomic E-state index is 0.342. The van der Waals surface area contributed by atoms with Crippen molar-refractivity contribution >= 4 is 22.9 Å². The Kier molecular flexibility index (Phi) is 3.39. The predicted octanol–water partition coefficient (Wildman–Crippen LogP) is 2.28. The van der Waals surface area contributed by atoms with Gasteiger partial charge in [0.2, 0.25) is 0 Å². The molecule has 0 bridgehead atoms. The number of allylic oxidation sites excluding steroid dienone is 1. The number of H-pyrrole nitrogens is 1. The van der Waals surface area contributed by atoms with E-state index in [1.54, 1.807) is 30.4 Å². The van der Waals surface area contributed by atoms with Crippen LogP contribution in [0.25, 0.3) is 17.0 Å². The normalized spacial score (nSPS) is 10.7. The summed E-state index contributed by atoms with van der Waals surface area (Å²) in [7, 11) is 1.34. The lowest BCUT2D eigenvalue weighted by Gasteiger charge is -1.98. The lowest BCUT2D eigenvalue weighted by Crippen LogP contribution is -2.00. The maximum absolute atomic E-state index is 11.4. The molecule has 0 spiro atoms. The number of carbonyl (C=O) groups excluding carboxylic acids is 1. The van der Waals surface area contributed by atoms with Gasteiger partial charge in [0.05, 0.1) is 36.4 Å². The van der Waals surface area contributed by atoms with Crippen molar-refractivity contribution in [3.63, 3.8) is 0 Å². The standard InChI is InChI=1S/C13H11N3O2/c1-18-13(17)9-5-6-10-11(4-2-3-7-14)15-16-12(10)8-9/h2,4-6,8H,3H2,1H3,(H,15,16). The number of hydrogen-bond donors (Lipinski definition) is 1. The molecule has 0 unspecified atom stereocenters. The van der Waals surface area contributed by atoms with Crippen molar-refractivity contribution in [2.24, 2.45) is 0 Å². The third kappa shape index (κ3) is 2.23. The molecule has 2 aromatic rings. The SMILES string of the molecule is COC(=O)c1ccc2c(C=CCC#N)n[nH]c2c1. The highest BCUT2D eigenvalue weighted by Crippen LogP contribution is 2.19. The van der Waals surface area contributed by atoms with E-state index >= 15 is 0 Å². The summed E-state index contributed by atoms with van der Waals surface area (Å²) in [4.78, 5) is 11.4. The first-order valence-corrected chi connectivity index (χ1v) is 5.36. The first kappa shape index (κ1) is 11.9. The van der Waals surface area contributed by atoms with Crippen molar-refractivity contribution in [3.8, 4) is 6.07 Å². The lowest BCUT2D eigenvalue weighted by atomic mass is 10.1. The Labute approximate surface area is 104 Å². The van der Waals surface area contributed by atoms with Crippen molar-refractivity contribution in [1.82, 2.24) is 10.2 Å². The molecule has 0 saturated carbocycles. The molecule has 1 N–H and O–H groups in total. The van der Waals surface area contributed by atoms with E-state index in [0.29, 0.717) is 12.0 Å². The number of hydrogen-bond acceptors (Lipinski definition) is 4. The molecule has 1 aromatic carbocycles. The molecule has 0 aliphatic carbocycles. The molecule has 1 heterocycles. The molecule has 5 nitrogen and oxygen atoms in total. The highest BCUT2D eigenvalue weighted by Gasteiger charge is 2.08. The summed E-state index contributed by atoms with van der Waals surface area (Å²) >= 11 is 0. The summed E-state index contributed by atoms with van der Waals surface area (Å²) in [6.45, 7) is 0. The molecular formula is C13H11N3O2. The summed E-state index contributed by atoms with van der Waals surface area (Å²) in [6, 6.07) is 7.20. The Morgan fingerprint density at radius 2 is 2.44 bits per heavy atom. The second kappa shape index (κ2) is 5.15. The zero-order chi connectivity index (χ0) is 13.0. The van der Waals surface area contributed by atoms with Crippen molar-refractivity contribution in [2.75, 3.05) is 7.11 Å². The number of ether oxygens (including phenoxy) is 1. The average molecular weight is 241 g/mol. The van der Waals surface area contributed by atoms with Crippen LogP contribution in [-0.4, -0.2) is 23.3 Å². The van der Waals surface area contributed by atoms with Gasteiger partial charge in [0.15, 0.2) is 0 Å². The van der Waals surface area contributed by atoms with E-state index in [4.69, 9.17) is 5.26 Å². The van der Waals surface area contributed by atoms with E-state index in [1.165, 1.54) is 7.11 Å². The van der Waals surface area contributed by atoms with E-state index in [-0.39, 0.29) is 5.97 Å². The van der Waals surface area contributed by atoms with Crippen LogP contribution in [-0.2, 0) is 4.74 Å². The minimum Gasteiger partial charge on any atom is -0.465 e. The van der Waals surface area contributed by atoms with Gasteiger partial charge in [0.1, 0.15) is 0 Å². The van der Waals surface area contributed by atoms with Crippen molar-refractivity contribution < 1.29 is 9.53 Å². The molecule has 0 aliphatic rings. The topological polar surface area (TPSA) is 78.8 Å². The van der Waals surface area contributed by atoms with Crippen LogP contribution in [0.4, 0.5) is 0 Å². The maximum Gasteiger partial charge on any atom is 0.337 e. The zero-order valence-electron chi connectivity index (χ0n) is 9.80. The fourth-order valence-electron chi connectivity index (χ4n) is 1.64. The van der Waals surface area contributed by atoms with Crippen LogP contribution >= 0.6 is 0 Å². The molecule has 0 atom stereocenters. The summed E-state index contributed by atoms with van der Waals surface area (Å²) in [5, 5.41) is 16.3. The van der Waals surface area contributed by atoms with Crippen LogP contribution in [0.1, 0.15) is 22.5 Å². The van der Waals surface area contributed by atoms with Crippen LogP contribution in [0.5, 0.6) is 0 Å². The smallest absolute Gasteiger partial charge is 0.337 e. The van der Waals surface area contributed by atoms with Gasteiger partial charge < -0.3 is 4.74 Å². The van der Waals surface area contributed by atoms with E-state index in [2.05, 4.69) is 14.9 Å². The van der Waals surface area contributed by atoms with Crippen LogP contribution in [0.3, 0.4) is 0 Å². The fourth-order valence-corrected chi connectivity index (χ4v) is 1.64. The number of rotatable bonds is 3. The van der Waals surface area contributed by atoms with Gasteiger partial charge in [-0.25, -0.2) is 4.79 Å². The second-order valence-electron chi connectivity index (χ2n) is 3.63. The third-order valence-electron chi connectivity index (χ3n) is 2.50. The molecule has 0 aliphatic heterocycles. The summed E-state index contributed by atoms with van der Waals surface area (Å²) in [5.74, 6) is -0.381. The Morgan fingerprint density at radius 1 is 1.61 bits per heavy atom.